The fourth-order valence-electron chi connectivity index (χ4n) is 2.49. The molecule has 3 aromatic rings. The summed E-state index contributed by atoms with van der Waals surface area (Å²) in [7, 11) is 0. The second kappa shape index (κ2) is 8.33. The molecule has 1 amide bonds. The number of hydrogen-bond donors (Lipinski definition) is 1. The standard InChI is InChI=1S/C20H16ClN3O3/c21-16-8-6-14(7-9-16)20-15(12-22-18(25)10-11-19(26)27)13-24(23-20)17-4-2-1-3-5-17/h1-11,13H,12H2,(H,22,25)(H,26,27)/p-1/b11-10+. The molecular formula is C20H15ClN3O3-. The van der Waals surface area contributed by atoms with Gasteiger partial charge >= 0.3 is 0 Å². The number of para-hydroxylation sites is 1. The molecule has 0 bridgehead atoms. The maximum atomic E-state index is 11.8. The number of nitrogens with zero attached hydrogens (tertiary/aromatic N) is 2. The highest BCUT2D eigenvalue weighted by Crippen LogP contribution is 2.25. The van der Waals surface area contributed by atoms with Crippen molar-refractivity contribution in [3.05, 3.63) is 83.5 Å². The summed E-state index contributed by atoms with van der Waals surface area (Å²) in [5, 5.41) is 18.3. The molecule has 0 fully saturated rings. The van der Waals surface area contributed by atoms with Gasteiger partial charge in [0, 0.05) is 35.0 Å². The molecule has 3 rings (SSSR count). The van der Waals surface area contributed by atoms with Crippen LogP contribution in [0.2, 0.25) is 5.02 Å². The van der Waals surface area contributed by atoms with E-state index < -0.39 is 11.9 Å². The number of carbonyl (C=O) groups excluding carboxylic acids is 2. The summed E-state index contributed by atoms with van der Waals surface area (Å²) in [5.41, 5.74) is 3.20. The lowest BCUT2D eigenvalue weighted by Crippen LogP contribution is -2.23. The van der Waals surface area contributed by atoms with E-state index in [1.807, 2.05) is 48.7 Å². The number of carboxylic acids is 1. The van der Waals surface area contributed by atoms with E-state index in [2.05, 4.69) is 10.4 Å². The molecule has 1 N–H and O–H groups in total. The Balaban J connectivity index is 1.90. The topological polar surface area (TPSA) is 87.0 Å². The third-order valence-electron chi connectivity index (χ3n) is 3.75. The van der Waals surface area contributed by atoms with Gasteiger partial charge in [0.25, 0.3) is 0 Å². The number of halogens is 1. The van der Waals surface area contributed by atoms with Crippen molar-refractivity contribution in [1.82, 2.24) is 15.1 Å². The van der Waals surface area contributed by atoms with E-state index in [9.17, 15) is 14.7 Å². The number of nitrogens with one attached hydrogen (secondary N) is 1. The zero-order valence-electron chi connectivity index (χ0n) is 14.1. The van der Waals surface area contributed by atoms with Gasteiger partial charge in [-0.3, -0.25) is 4.79 Å². The maximum absolute atomic E-state index is 11.8. The summed E-state index contributed by atoms with van der Waals surface area (Å²) >= 11 is 5.96. The molecule has 0 aliphatic carbocycles. The molecule has 1 aromatic heterocycles. The molecule has 0 saturated heterocycles. The third kappa shape index (κ3) is 4.83. The molecule has 7 heteroatoms. The maximum Gasteiger partial charge on any atom is 0.244 e. The van der Waals surface area contributed by atoms with E-state index >= 15 is 0 Å². The first kappa shape index (κ1) is 18.4. The molecule has 2 aromatic carbocycles. The van der Waals surface area contributed by atoms with E-state index in [0.29, 0.717) is 16.8 Å². The molecule has 1 heterocycles. The lowest BCUT2D eigenvalue weighted by atomic mass is 10.1. The van der Waals surface area contributed by atoms with Crippen molar-refractivity contribution >= 4 is 23.5 Å². The number of aliphatic carboxylic acids is 1. The molecule has 6 nitrogen and oxygen atoms in total. The first-order valence-corrected chi connectivity index (χ1v) is 8.47. The van der Waals surface area contributed by atoms with Gasteiger partial charge in [0.15, 0.2) is 0 Å². The fraction of sp³-hybridized carbons (Fsp3) is 0.0500. The number of carboxylic acid groups (broad SMARTS) is 1. The Morgan fingerprint density at radius 2 is 1.78 bits per heavy atom. The van der Waals surface area contributed by atoms with Gasteiger partial charge in [-0.25, -0.2) is 4.68 Å². The quantitative estimate of drug-likeness (QED) is 0.663. The van der Waals surface area contributed by atoms with Crippen molar-refractivity contribution in [2.24, 2.45) is 0 Å². The second-order valence-corrected chi connectivity index (χ2v) is 6.10. The van der Waals surface area contributed by atoms with Crippen LogP contribution in [0, 0.1) is 0 Å². The summed E-state index contributed by atoms with van der Waals surface area (Å²) in [4.78, 5) is 22.2. The van der Waals surface area contributed by atoms with Crippen LogP contribution >= 0.6 is 11.6 Å². The number of benzene rings is 2. The van der Waals surface area contributed by atoms with Gasteiger partial charge in [-0.15, -0.1) is 0 Å². The van der Waals surface area contributed by atoms with Crippen LogP contribution in [0.3, 0.4) is 0 Å². The lowest BCUT2D eigenvalue weighted by Gasteiger charge is -2.04. The number of amides is 1. The summed E-state index contributed by atoms with van der Waals surface area (Å²) < 4.78 is 1.72. The van der Waals surface area contributed by atoms with Crippen molar-refractivity contribution in [3.8, 4) is 16.9 Å². The highest BCUT2D eigenvalue weighted by Gasteiger charge is 2.13. The van der Waals surface area contributed by atoms with Gasteiger partial charge < -0.3 is 15.2 Å². The van der Waals surface area contributed by atoms with Crippen LogP contribution in [0.4, 0.5) is 0 Å². The first-order valence-electron chi connectivity index (χ1n) is 8.10. The number of carbonyl (C=O) groups is 2. The zero-order chi connectivity index (χ0) is 19.2. The van der Waals surface area contributed by atoms with Crippen LogP contribution in [0.1, 0.15) is 5.56 Å². The summed E-state index contributed by atoms with van der Waals surface area (Å²) in [6.07, 6.45) is 3.42. The Bertz CT molecular complexity index is 979. The van der Waals surface area contributed by atoms with Crippen molar-refractivity contribution in [1.29, 1.82) is 0 Å². The van der Waals surface area contributed by atoms with Crippen molar-refractivity contribution in [3.63, 3.8) is 0 Å². The second-order valence-electron chi connectivity index (χ2n) is 5.66. The van der Waals surface area contributed by atoms with Crippen molar-refractivity contribution < 1.29 is 14.7 Å². The van der Waals surface area contributed by atoms with Crippen LogP contribution < -0.4 is 10.4 Å². The minimum Gasteiger partial charge on any atom is -0.545 e. The normalized spacial score (nSPS) is 10.9. The fourth-order valence-corrected chi connectivity index (χ4v) is 2.61. The summed E-state index contributed by atoms with van der Waals surface area (Å²) in [6.45, 7) is 0.182. The molecule has 0 radical (unpaired) electrons. The zero-order valence-corrected chi connectivity index (χ0v) is 14.9. The predicted octanol–water partition coefficient (Wildman–Crippen LogP) is 2.11. The van der Waals surface area contributed by atoms with Crippen LogP contribution in [-0.4, -0.2) is 21.7 Å². The number of rotatable bonds is 6. The average molecular weight is 381 g/mol. The summed E-state index contributed by atoms with van der Waals surface area (Å²) in [5.74, 6) is -1.96. The van der Waals surface area contributed by atoms with Crippen LogP contribution in [-0.2, 0) is 16.1 Å². The minimum absolute atomic E-state index is 0.182. The lowest BCUT2D eigenvalue weighted by molar-refractivity contribution is -0.297. The molecule has 0 aliphatic heterocycles. The van der Waals surface area contributed by atoms with Gasteiger partial charge in [0.2, 0.25) is 5.91 Å². The number of hydrogen-bond acceptors (Lipinski definition) is 4. The molecule has 0 unspecified atom stereocenters. The van der Waals surface area contributed by atoms with Crippen molar-refractivity contribution in [2.75, 3.05) is 0 Å². The Hall–Kier alpha value is -3.38. The van der Waals surface area contributed by atoms with E-state index in [1.165, 1.54) is 0 Å². The summed E-state index contributed by atoms with van der Waals surface area (Å²) in [6, 6.07) is 16.8. The number of aromatic nitrogens is 2. The van der Waals surface area contributed by atoms with Gasteiger partial charge in [-0.2, -0.15) is 5.10 Å². The van der Waals surface area contributed by atoms with E-state index in [1.54, 1.807) is 16.8 Å². The molecule has 0 spiro atoms. The van der Waals surface area contributed by atoms with Crippen LogP contribution in [0.15, 0.2) is 72.9 Å². The molecule has 0 atom stereocenters. The average Bonchev–Trinajstić information content (AvgIpc) is 3.10. The smallest absolute Gasteiger partial charge is 0.244 e. The van der Waals surface area contributed by atoms with Crippen molar-refractivity contribution in [2.45, 2.75) is 6.54 Å². The largest absolute Gasteiger partial charge is 0.545 e. The molecule has 27 heavy (non-hydrogen) atoms. The SMILES string of the molecule is O=C([O-])/C=C/C(=O)NCc1cn(-c2ccccc2)nc1-c1ccc(Cl)cc1. The molecular weight excluding hydrogens is 366 g/mol. The Labute approximate surface area is 160 Å². The van der Waals surface area contributed by atoms with Gasteiger partial charge in [-0.05, 0) is 30.3 Å². The first-order chi connectivity index (χ1) is 13.0. The Kier molecular flexibility index (Phi) is 5.68. The van der Waals surface area contributed by atoms with Crippen LogP contribution in [0.25, 0.3) is 16.9 Å². The minimum atomic E-state index is -1.43. The van der Waals surface area contributed by atoms with E-state index in [0.717, 1.165) is 22.9 Å². The molecule has 0 saturated carbocycles. The monoisotopic (exact) mass is 380 g/mol. The van der Waals surface area contributed by atoms with E-state index in [4.69, 9.17) is 11.6 Å². The van der Waals surface area contributed by atoms with Gasteiger partial charge in [-0.1, -0.05) is 41.9 Å². The molecule has 0 aliphatic rings. The van der Waals surface area contributed by atoms with Gasteiger partial charge in [0.1, 0.15) is 0 Å². The van der Waals surface area contributed by atoms with E-state index in [-0.39, 0.29) is 6.54 Å². The highest BCUT2D eigenvalue weighted by molar-refractivity contribution is 6.30. The van der Waals surface area contributed by atoms with Crippen LogP contribution in [0.5, 0.6) is 0 Å². The Morgan fingerprint density at radius 1 is 1.07 bits per heavy atom. The Morgan fingerprint density at radius 3 is 2.44 bits per heavy atom. The molecule has 136 valence electrons. The predicted molar refractivity (Wildman–Crippen MR) is 100 cm³/mol. The third-order valence-corrected chi connectivity index (χ3v) is 4.00. The van der Waals surface area contributed by atoms with Gasteiger partial charge in [0.05, 0.1) is 17.4 Å². The highest BCUT2D eigenvalue weighted by atomic mass is 35.5.